The van der Waals surface area contributed by atoms with Crippen LogP contribution in [0, 0.1) is 11.6 Å². The van der Waals surface area contributed by atoms with E-state index in [2.05, 4.69) is 25.4 Å². The van der Waals surface area contributed by atoms with Crippen LogP contribution in [-0.2, 0) is 9.59 Å². The Morgan fingerprint density at radius 1 is 1.06 bits per heavy atom. The molecule has 2 atom stereocenters. The van der Waals surface area contributed by atoms with Gasteiger partial charge >= 0.3 is 0 Å². The third kappa shape index (κ3) is 5.29. The van der Waals surface area contributed by atoms with Crippen molar-refractivity contribution in [2.45, 2.75) is 24.5 Å². The molecule has 2 amide bonds. The number of ether oxygens (including phenoxy) is 1. The number of nitrogens with one attached hydrogen (secondary N) is 1. The third-order valence-corrected chi connectivity index (χ3v) is 9.32. The zero-order valence-electron chi connectivity index (χ0n) is 26.2. The van der Waals surface area contributed by atoms with Gasteiger partial charge in [-0.25, -0.2) is 23.4 Å². The van der Waals surface area contributed by atoms with E-state index in [1.54, 1.807) is 11.1 Å². The van der Waals surface area contributed by atoms with Gasteiger partial charge in [0.2, 0.25) is 5.91 Å². The molecule has 5 bridgehead atoms. The van der Waals surface area contributed by atoms with E-state index in [-0.39, 0.29) is 31.9 Å². The number of nitrogens with two attached hydrogens (primary N) is 1. The van der Waals surface area contributed by atoms with E-state index in [9.17, 15) is 18.4 Å². The number of nitrogens with zero attached hydrogens (tertiary/aromatic N) is 7. The SMILES string of the molecule is Nc1cccc2c1C=NCCNC(=O)CCN1C[C@]3(C[C@@H](CN3c3ncnc4c3cnn4-c3ccc(F)cc3F)Oc3cccc-2c3)C1=O.[HH]. The molecule has 0 aliphatic carbocycles. The van der Waals surface area contributed by atoms with Crippen LogP contribution in [0.2, 0.25) is 0 Å². The second kappa shape index (κ2) is 12.0. The van der Waals surface area contributed by atoms with Crippen molar-refractivity contribution < 1.29 is 24.5 Å². The summed E-state index contributed by atoms with van der Waals surface area (Å²) in [5.74, 6) is -0.768. The summed E-state index contributed by atoms with van der Waals surface area (Å²) in [5, 5.41) is 7.73. The minimum absolute atomic E-state index is 0. The molecule has 5 aromatic rings. The number of aromatic nitrogens is 4. The summed E-state index contributed by atoms with van der Waals surface area (Å²) in [6.45, 7) is 1.61. The van der Waals surface area contributed by atoms with Crippen molar-refractivity contribution in [1.29, 1.82) is 0 Å². The van der Waals surface area contributed by atoms with Gasteiger partial charge in [-0.3, -0.25) is 14.6 Å². The average Bonchev–Trinajstić information content (AvgIpc) is 3.70. The maximum atomic E-state index is 14.8. The number of β-lactam (4-membered cyclic amide) rings is 1. The van der Waals surface area contributed by atoms with Gasteiger partial charge in [0, 0.05) is 50.9 Å². The van der Waals surface area contributed by atoms with E-state index in [0.29, 0.717) is 60.9 Å². The standard InChI is InChI=1S/C35H31F2N9O3.H2/c36-22-7-8-30(28(37)14-22)46-33-27(17-43-46)32(41-20-42-33)45-18-24-15-35(45)19-44(34(35)48)12-9-31(47)40-11-10-39-16-26-25(5-2-6-29(26)38)21-3-1-4-23(13-21)49-24;/h1-8,13-14,16-17,20,24H,9-12,15,18-19,38H2,(H,40,47);1H/t24-,35+;/m0./s1. The van der Waals surface area contributed by atoms with Crippen molar-refractivity contribution in [3.63, 3.8) is 0 Å². The Hall–Kier alpha value is -5.92. The molecule has 2 saturated heterocycles. The summed E-state index contributed by atoms with van der Waals surface area (Å²) in [5.41, 5.74) is 8.78. The number of hydrogen-bond donors (Lipinski definition) is 2. The van der Waals surface area contributed by atoms with Gasteiger partial charge in [0.05, 0.1) is 31.2 Å². The first-order valence-corrected chi connectivity index (χ1v) is 15.9. The number of amides is 2. The molecule has 4 aliphatic rings. The second-order valence-corrected chi connectivity index (χ2v) is 12.4. The largest absolute Gasteiger partial charge is 0.488 e. The molecule has 14 heteroatoms. The van der Waals surface area contributed by atoms with Crippen molar-refractivity contribution in [2.24, 2.45) is 4.99 Å². The molecule has 0 radical (unpaired) electrons. The van der Waals surface area contributed by atoms with Gasteiger partial charge in [0.1, 0.15) is 41.0 Å². The fourth-order valence-electron chi connectivity index (χ4n) is 7.01. The van der Waals surface area contributed by atoms with Crippen molar-refractivity contribution in [3.8, 4) is 22.6 Å². The first-order chi connectivity index (χ1) is 23.8. The van der Waals surface area contributed by atoms with Crippen LogP contribution >= 0.6 is 0 Å². The summed E-state index contributed by atoms with van der Waals surface area (Å²) < 4.78 is 36.4. The van der Waals surface area contributed by atoms with E-state index < -0.39 is 23.3 Å². The molecule has 1 spiro atoms. The van der Waals surface area contributed by atoms with Crippen molar-refractivity contribution in [3.05, 3.63) is 90.4 Å². The average molecular weight is 666 g/mol. The molecular formula is C35H33F2N9O3. The van der Waals surface area contributed by atoms with Gasteiger partial charge in [-0.05, 0) is 41.5 Å². The molecule has 9 rings (SSSR count). The topological polar surface area (TPSA) is 144 Å². The van der Waals surface area contributed by atoms with E-state index >= 15 is 0 Å². The minimum Gasteiger partial charge on any atom is -0.488 e. The summed E-state index contributed by atoms with van der Waals surface area (Å²) in [4.78, 5) is 43.8. The number of aliphatic imine (C=N–C) groups is 1. The van der Waals surface area contributed by atoms with Gasteiger partial charge in [0.15, 0.2) is 11.5 Å². The minimum atomic E-state index is -0.999. The van der Waals surface area contributed by atoms with Crippen LogP contribution in [0.4, 0.5) is 20.3 Å². The Balaban J connectivity index is 0.00000392. The molecule has 3 aromatic carbocycles. The molecule has 49 heavy (non-hydrogen) atoms. The fraction of sp³-hybridized carbons (Fsp3) is 0.257. The van der Waals surface area contributed by atoms with Crippen molar-refractivity contribution in [2.75, 3.05) is 43.4 Å². The monoisotopic (exact) mass is 665 g/mol. The van der Waals surface area contributed by atoms with Gasteiger partial charge < -0.3 is 25.6 Å². The number of anilines is 2. The van der Waals surface area contributed by atoms with Crippen LogP contribution in [0.25, 0.3) is 27.8 Å². The third-order valence-electron chi connectivity index (χ3n) is 9.32. The number of halogens is 2. The smallest absolute Gasteiger partial charge is 0.250 e. The van der Waals surface area contributed by atoms with Crippen LogP contribution in [0.1, 0.15) is 19.8 Å². The van der Waals surface area contributed by atoms with E-state index in [4.69, 9.17) is 10.5 Å². The van der Waals surface area contributed by atoms with Gasteiger partial charge in [0.25, 0.3) is 5.91 Å². The quantitative estimate of drug-likeness (QED) is 0.214. The van der Waals surface area contributed by atoms with E-state index in [0.717, 1.165) is 28.8 Å². The molecule has 12 nitrogen and oxygen atoms in total. The Morgan fingerprint density at radius 2 is 1.94 bits per heavy atom. The van der Waals surface area contributed by atoms with E-state index in [1.165, 1.54) is 23.3 Å². The maximum Gasteiger partial charge on any atom is 0.250 e. The summed E-state index contributed by atoms with van der Waals surface area (Å²) in [6, 6.07) is 16.6. The maximum absolute atomic E-state index is 14.8. The normalized spacial score (nSPS) is 20.9. The van der Waals surface area contributed by atoms with Crippen LogP contribution in [0.3, 0.4) is 0 Å². The molecule has 3 N–H and O–H groups in total. The van der Waals surface area contributed by atoms with Gasteiger partial charge in [-0.1, -0.05) is 24.3 Å². The molecule has 0 unspecified atom stereocenters. The fourth-order valence-corrected chi connectivity index (χ4v) is 7.01. The van der Waals surface area contributed by atoms with Gasteiger partial charge in [-0.2, -0.15) is 5.10 Å². The Labute approximate surface area is 280 Å². The number of rotatable bonds is 2. The zero-order valence-corrected chi connectivity index (χ0v) is 26.2. The van der Waals surface area contributed by atoms with Crippen LogP contribution in [0.15, 0.2) is 78.2 Å². The molecule has 0 saturated carbocycles. The van der Waals surface area contributed by atoms with Gasteiger partial charge in [-0.15, -0.1) is 0 Å². The predicted molar refractivity (Wildman–Crippen MR) is 181 cm³/mol. The predicted octanol–water partition coefficient (Wildman–Crippen LogP) is 3.77. The Kier molecular flexibility index (Phi) is 7.42. The van der Waals surface area contributed by atoms with Crippen LogP contribution < -0.4 is 20.7 Å². The molecule has 6 heterocycles. The highest BCUT2D eigenvalue weighted by molar-refractivity contribution is 6.00. The highest BCUT2D eigenvalue weighted by atomic mass is 19.1. The summed E-state index contributed by atoms with van der Waals surface area (Å²) in [7, 11) is 0. The summed E-state index contributed by atoms with van der Waals surface area (Å²) >= 11 is 0. The number of benzene rings is 3. The van der Waals surface area contributed by atoms with Crippen molar-refractivity contribution in [1.82, 2.24) is 30.0 Å². The molecule has 4 aliphatic heterocycles. The molecule has 2 fully saturated rings. The lowest BCUT2D eigenvalue weighted by atomic mass is 9.84. The highest BCUT2D eigenvalue weighted by Gasteiger charge is 2.61. The number of carbonyl (C=O) groups excluding carboxylic acids is 2. The zero-order chi connectivity index (χ0) is 33.7. The Morgan fingerprint density at radius 3 is 2.80 bits per heavy atom. The number of fused-ring (bicyclic) bond motifs is 7. The lowest BCUT2D eigenvalue weighted by Crippen LogP contribution is -2.72. The van der Waals surface area contributed by atoms with Crippen LogP contribution in [-0.4, -0.2) is 87.0 Å². The molecule has 2 aromatic heterocycles. The number of carbonyl (C=O) groups is 2. The first kappa shape index (κ1) is 30.4. The van der Waals surface area contributed by atoms with Crippen LogP contribution in [0.5, 0.6) is 5.75 Å². The first-order valence-electron chi connectivity index (χ1n) is 15.9. The highest BCUT2D eigenvalue weighted by Crippen LogP contribution is 2.44. The second-order valence-electron chi connectivity index (χ2n) is 12.4. The van der Waals surface area contributed by atoms with E-state index in [1.807, 2.05) is 47.4 Å². The summed E-state index contributed by atoms with van der Waals surface area (Å²) in [6.07, 6.45) is 4.67. The molecule has 250 valence electrons. The van der Waals surface area contributed by atoms with Crippen molar-refractivity contribution >= 4 is 40.6 Å². The lowest BCUT2D eigenvalue weighted by Gasteiger charge is -2.51. The Bertz CT molecular complexity index is 2160. The molecular weight excluding hydrogens is 632 g/mol. The lowest BCUT2D eigenvalue weighted by molar-refractivity contribution is -0.150. The number of hydrogen-bond acceptors (Lipinski definition) is 9. The number of nitrogen functional groups attached to an aromatic ring is 1.